The fourth-order valence-electron chi connectivity index (χ4n) is 5.77. The molecule has 1 saturated carbocycles. The van der Waals surface area contributed by atoms with Crippen LogP contribution in [0.2, 0.25) is 0 Å². The van der Waals surface area contributed by atoms with Gasteiger partial charge in [-0.3, -0.25) is 19.6 Å². The third-order valence-electron chi connectivity index (χ3n) is 7.75. The molecule has 3 amide bonds. The van der Waals surface area contributed by atoms with Crippen LogP contribution >= 0.6 is 0 Å². The van der Waals surface area contributed by atoms with Gasteiger partial charge in [-0.2, -0.15) is 5.10 Å². The first-order valence-electron chi connectivity index (χ1n) is 11.3. The number of aromatic nitrogens is 2. The number of hydrogen-bond acceptors (Lipinski definition) is 5. The summed E-state index contributed by atoms with van der Waals surface area (Å²) in [5, 5.41) is 17.4. The molecule has 2 saturated heterocycles. The van der Waals surface area contributed by atoms with Gasteiger partial charge < -0.3 is 14.9 Å². The van der Waals surface area contributed by atoms with Gasteiger partial charge in [-0.05, 0) is 56.7 Å². The van der Waals surface area contributed by atoms with E-state index in [9.17, 15) is 19.5 Å². The SMILES string of the molecule is CN(C(=O)O)C1CCN(c2ccc3c(C4CCC(=O)NC4=O)nn(C)c3c2)C2(CCC2)C1. The van der Waals surface area contributed by atoms with Crippen molar-refractivity contribution in [3.63, 3.8) is 0 Å². The van der Waals surface area contributed by atoms with Crippen molar-refractivity contribution in [1.29, 1.82) is 0 Å². The van der Waals surface area contributed by atoms with Gasteiger partial charge in [0.1, 0.15) is 0 Å². The second-order valence-corrected chi connectivity index (χ2v) is 9.48. The second-order valence-electron chi connectivity index (χ2n) is 9.48. The fraction of sp³-hybridized carbons (Fsp3) is 0.565. The zero-order valence-electron chi connectivity index (χ0n) is 18.5. The van der Waals surface area contributed by atoms with Crippen molar-refractivity contribution in [2.75, 3.05) is 18.5 Å². The molecule has 2 aliphatic heterocycles. The molecule has 170 valence electrons. The minimum absolute atomic E-state index is 0.00530. The number of fused-ring (bicyclic) bond motifs is 1. The highest BCUT2D eigenvalue weighted by molar-refractivity contribution is 6.02. The van der Waals surface area contributed by atoms with Gasteiger partial charge in [0.25, 0.3) is 0 Å². The summed E-state index contributed by atoms with van der Waals surface area (Å²) < 4.78 is 1.82. The lowest BCUT2D eigenvalue weighted by Crippen LogP contribution is -2.62. The van der Waals surface area contributed by atoms with Crippen LogP contribution in [0.25, 0.3) is 10.9 Å². The van der Waals surface area contributed by atoms with E-state index >= 15 is 0 Å². The monoisotopic (exact) mass is 439 g/mol. The van der Waals surface area contributed by atoms with Crippen LogP contribution in [0.5, 0.6) is 0 Å². The predicted molar refractivity (Wildman–Crippen MR) is 119 cm³/mol. The lowest BCUT2D eigenvalue weighted by Gasteiger charge is -2.57. The van der Waals surface area contributed by atoms with Crippen molar-refractivity contribution in [3.8, 4) is 0 Å². The molecule has 3 heterocycles. The Balaban J connectivity index is 1.46. The van der Waals surface area contributed by atoms with Crippen molar-refractivity contribution in [1.82, 2.24) is 20.0 Å². The lowest BCUT2D eigenvalue weighted by molar-refractivity contribution is -0.134. The molecule has 1 aliphatic carbocycles. The van der Waals surface area contributed by atoms with Crippen LogP contribution in [0.15, 0.2) is 18.2 Å². The summed E-state index contributed by atoms with van der Waals surface area (Å²) >= 11 is 0. The van der Waals surface area contributed by atoms with Crippen LogP contribution in [0, 0.1) is 0 Å². The van der Waals surface area contributed by atoms with Gasteiger partial charge >= 0.3 is 6.09 Å². The van der Waals surface area contributed by atoms with E-state index in [0.717, 1.165) is 60.9 Å². The molecule has 9 heteroatoms. The van der Waals surface area contributed by atoms with Gasteiger partial charge in [0.15, 0.2) is 0 Å². The van der Waals surface area contributed by atoms with Crippen LogP contribution in [-0.2, 0) is 16.6 Å². The molecule has 9 nitrogen and oxygen atoms in total. The van der Waals surface area contributed by atoms with Gasteiger partial charge in [0, 0.05) is 49.7 Å². The summed E-state index contributed by atoms with van der Waals surface area (Å²) in [6.07, 6.45) is 4.89. The molecule has 2 aromatic rings. The normalized spacial score (nSPS) is 25.0. The number of carbonyl (C=O) groups excluding carboxylic acids is 2. The van der Waals surface area contributed by atoms with Crippen LogP contribution < -0.4 is 10.2 Å². The molecule has 1 spiro atoms. The Labute approximate surface area is 186 Å². The summed E-state index contributed by atoms with van der Waals surface area (Å²) in [7, 11) is 3.56. The predicted octanol–water partition coefficient (Wildman–Crippen LogP) is 2.59. The van der Waals surface area contributed by atoms with E-state index in [1.165, 1.54) is 4.90 Å². The zero-order chi connectivity index (χ0) is 22.6. The quantitative estimate of drug-likeness (QED) is 0.712. The van der Waals surface area contributed by atoms with E-state index in [0.29, 0.717) is 12.8 Å². The number of hydrogen-bond donors (Lipinski definition) is 2. The van der Waals surface area contributed by atoms with Crippen molar-refractivity contribution in [2.45, 2.75) is 62.4 Å². The molecule has 2 unspecified atom stereocenters. The molecular formula is C23H29N5O4. The van der Waals surface area contributed by atoms with E-state index in [1.807, 2.05) is 17.8 Å². The Morgan fingerprint density at radius 3 is 2.72 bits per heavy atom. The topological polar surface area (TPSA) is 108 Å². The van der Waals surface area contributed by atoms with Crippen molar-refractivity contribution >= 4 is 34.5 Å². The molecule has 3 aliphatic rings. The van der Waals surface area contributed by atoms with Gasteiger partial charge in [0.05, 0.1) is 17.1 Å². The minimum Gasteiger partial charge on any atom is -0.465 e. The molecule has 32 heavy (non-hydrogen) atoms. The van der Waals surface area contributed by atoms with Gasteiger partial charge in [-0.15, -0.1) is 0 Å². The maximum atomic E-state index is 12.4. The average molecular weight is 440 g/mol. The number of carbonyl (C=O) groups is 3. The third-order valence-corrected chi connectivity index (χ3v) is 7.75. The Morgan fingerprint density at radius 1 is 1.28 bits per heavy atom. The summed E-state index contributed by atoms with van der Waals surface area (Å²) in [6, 6.07) is 6.32. The third kappa shape index (κ3) is 3.22. The zero-order valence-corrected chi connectivity index (χ0v) is 18.5. The molecular weight excluding hydrogens is 410 g/mol. The summed E-state index contributed by atoms with van der Waals surface area (Å²) in [5.74, 6) is -0.914. The lowest BCUT2D eigenvalue weighted by atomic mass is 9.68. The summed E-state index contributed by atoms with van der Waals surface area (Å²) in [6.45, 7) is 0.811. The first-order chi connectivity index (χ1) is 15.3. The van der Waals surface area contributed by atoms with E-state index < -0.39 is 12.0 Å². The number of benzene rings is 1. The van der Waals surface area contributed by atoms with Crippen LogP contribution in [-0.4, -0.2) is 62.9 Å². The van der Waals surface area contributed by atoms with Gasteiger partial charge in [-0.1, -0.05) is 0 Å². The highest BCUT2D eigenvalue weighted by Crippen LogP contribution is 2.48. The number of carboxylic acid groups (broad SMARTS) is 1. The minimum atomic E-state index is -0.866. The van der Waals surface area contributed by atoms with Crippen LogP contribution in [0.3, 0.4) is 0 Å². The molecule has 1 aromatic heterocycles. The molecule has 2 N–H and O–H groups in total. The van der Waals surface area contributed by atoms with E-state index in [2.05, 4.69) is 27.4 Å². The number of nitrogens with zero attached hydrogens (tertiary/aromatic N) is 4. The van der Waals surface area contributed by atoms with Crippen LogP contribution in [0.1, 0.15) is 56.6 Å². The van der Waals surface area contributed by atoms with Crippen LogP contribution in [0.4, 0.5) is 10.5 Å². The standard InChI is InChI=1S/C23H29N5O4/c1-26(22(31)32)15-8-11-28(23(13-15)9-3-10-23)14-4-5-16-18(12-14)27(2)25-20(16)17-6-7-19(29)24-21(17)30/h4-5,12,15,17H,3,6-11,13H2,1-2H3,(H,31,32)(H,24,29,30). The second kappa shape index (κ2) is 7.50. The molecule has 5 rings (SSSR count). The van der Waals surface area contributed by atoms with Crippen molar-refractivity contribution in [2.24, 2.45) is 7.05 Å². The van der Waals surface area contributed by atoms with Crippen molar-refractivity contribution < 1.29 is 19.5 Å². The number of nitrogens with one attached hydrogen (secondary N) is 1. The first-order valence-corrected chi connectivity index (χ1v) is 11.3. The molecule has 3 fully saturated rings. The number of piperidine rings is 2. The summed E-state index contributed by atoms with van der Waals surface area (Å²) in [5.41, 5.74) is 2.80. The fourth-order valence-corrected chi connectivity index (χ4v) is 5.77. The Morgan fingerprint density at radius 2 is 2.06 bits per heavy atom. The molecule has 0 bridgehead atoms. The first kappa shape index (κ1) is 20.8. The highest BCUT2D eigenvalue weighted by Gasteiger charge is 2.48. The maximum absolute atomic E-state index is 12.4. The summed E-state index contributed by atoms with van der Waals surface area (Å²) in [4.78, 5) is 39.3. The highest BCUT2D eigenvalue weighted by atomic mass is 16.4. The average Bonchev–Trinajstić information content (AvgIpc) is 3.07. The number of aryl methyl sites for hydroxylation is 1. The van der Waals surface area contributed by atoms with Gasteiger partial charge in [-0.25, -0.2) is 4.79 Å². The number of rotatable bonds is 3. The van der Waals surface area contributed by atoms with E-state index in [4.69, 9.17) is 0 Å². The molecule has 2 atom stereocenters. The Kier molecular flexibility index (Phi) is 4.87. The molecule has 1 aromatic carbocycles. The molecule has 0 radical (unpaired) electrons. The maximum Gasteiger partial charge on any atom is 0.407 e. The largest absolute Gasteiger partial charge is 0.465 e. The Bertz CT molecular complexity index is 1110. The number of amides is 3. The Hall–Kier alpha value is -3.10. The van der Waals surface area contributed by atoms with Gasteiger partial charge in [0.2, 0.25) is 11.8 Å². The van der Waals surface area contributed by atoms with E-state index in [-0.39, 0.29) is 23.4 Å². The number of imide groups is 1. The smallest absolute Gasteiger partial charge is 0.407 e. The number of anilines is 1. The van der Waals surface area contributed by atoms with E-state index in [1.54, 1.807) is 7.05 Å². The van der Waals surface area contributed by atoms with Crippen molar-refractivity contribution in [3.05, 3.63) is 23.9 Å².